The number of rotatable bonds is 7. The lowest BCUT2D eigenvalue weighted by Crippen LogP contribution is -2.27. The van der Waals surface area contributed by atoms with E-state index in [1.807, 2.05) is 4.68 Å². The van der Waals surface area contributed by atoms with Crippen molar-refractivity contribution in [2.45, 2.75) is 19.5 Å². The molecule has 0 aromatic carbocycles. The van der Waals surface area contributed by atoms with Crippen LogP contribution in [0.5, 0.6) is 0 Å². The Morgan fingerprint density at radius 2 is 2.24 bits per heavy atom. The average molecular weight is 392 g/mol. The summed E-state index contributed by atoms with van der Waals surface area (Å²) in [6.07, 6.45) is 1.74. The molecule has 0 aliphatic carbocycles. The molecular weight excluding hydrogens is 372 g/mol. The SMILES string of the molecule is CCNC(c1ccc(Br)s1)c1c(Cl)cnn1CCN(C)C. The molecular formula is C14H20BrClN4S. The average Bonchev–Trinajstić information content (AvgIpc) is 3.00. The Hall–Kier alpha value is -0.400. The molecule has 0 amide bonds. The van der Waals surface area contributed by atoms with Crippen molar-refractivity contribution in [2.75, 3.05) is 27.2 Å². The van der Waals surface area contributed by atoms with Crippen molar-refractivity contribution in [3.8, 4) is 0 Å². The summed E-state index contributed by atoms with van der Waals surface area (Å²) < 4.78 is 3.12. The molecule has 1 unspecified atom stereocenters. The van der Waals surface area contributed by atoms with E-state index in [9.17, 15) is 0 Å². The second-order valence-corrected chi connectivity index (χ2v) is 7.94. The molecule has 1 atom stereocenters. The normalized spacial score (nSPS) is 13.0. The van der Waals surface area contributed by atoms with Crippen molar-refractivity contribution in [2.24, 2.45) is 0 Å². The van der Waals surface area contributed by atoms with Crippen LogP contribution >= 0.6 is 38.9 Å². The van der Waals surface area contributed by atoms with Crippen molar-refractivity contribution in [3.05, 3.63) is 37.7 Å². The van der Waals surface area contributed by atoms with Crippen LogP contribution in [0.2, 0.25) is 5.02 Å². The lowest BCUT2D eigenvalue weighted by molar-refractivity contribution is 0.366. The molecule has 0 saturated heterocycles. The quantitative estimate of drug-likeness (QED) is 0.782. The highest BCUT2D eigenvalue weighted by molar-refractivity contribution is 9.11. The molecule has 0 bridgehead atoms. The van der Waals surface area contributed by atoms with Gasteiger partial charge in [0.2, 0.25) is 0 Å². The zero-order valence-corrected chi connectivity index (χ0v) is 15.6. The third-order valence-corrected chi connectivity index (χ3v) is 5.13. The predicted octanol–water partition coefficient (Wildman–Crippen LogP) is 3.62. The van der Waals surface area contributed by atoms with E-state index in [2.05, 4.69) is 64.4 Å². The first kappa shape index (κ1) is 17.0. The zero-order chi connectivity index (χ0) is 15.4. The van der Waals surface area contributed by atoms with Gasteiger partial charge < -0.3 is 10.2 Å². The van der Waals surface area contributed by atoms with Gasteiger partial charge >= 0.3 is 0 Å². The van der Waals surface area contributed by atoms with Crippen LogP contribution in [0.15, 0.2) is 22.1 Å². The Balaban J connectivity index is 2.33. The first-order chi connectivity index (χ1) is 10.0. The molecule has 0 fully saturated rings. The maximum Gasteiger partial charge on any atom is 0.0857 e. The van der Waals surface area contributed by atoms with E-state index in [1.54, 1.807) is 17.5 Å². The number of hydrogen-bond acceptors (Lipinski definition) is 4. The number of thiophene rings is 1. The van der Waals surface area contributed by atoms with E-state index in [-0.39, 0.29) is 6.04 Å². The van der Waals surface area contributed by atoms with Crippen LogP contribution in [0.3, 0.4) is 0 Å². The Bertz CT molecular complexity index is 581. The fourth-order valence-electron chi connectivity index (χ4n) is 2.15. The van der Waals surface area contributed by atoms with Gasteiger partial charge in [0.05, 0.1) is 33.3 Å². The van der Waals surface area contributed by atoms with Crippen LogP contribution in [0, 0.1) is 0 Å². The first-order valence-corrected chi connectivity index (χ1v) is 8.86. The molecule has 0 radical (unpaired) electrons. The van der Waals surface area contributed by atoms with Crippen molar-refractivity contribution in [1.29, 1.82) is 0 Å². The third-order valence-electron chi connectivity index (χ3n) is 3.15. The van der Waals surface area contributed by atoms with Gasteiger partial charge in [-0.15, -0.1) is 11.3 Å². The highest BCUT2D eigenvalue weighted by Crippen LogP contribution is 2.34. The van der Waals surface area contributed by atoms with Crippen LogP contribution in [-0.4, -0.2) is 41.9 Å². The smallest absolute Gasteiger partial charge is 0.0857 e. The van der Waals surface area contributed by atoms with Crippen LogP contribution in [-0.2, 0) is 6.54 Å². The number of nitrogens with one attached hydrogen (secondary N) is 1. The van der Waals surface area contributed by atoms with Crippen LogP contribution in [0.4, 0.5) is 0 Å². The molecule has 0 aliphatic heterocycles. The first-order valence-electron chi connectivity index (χ1n) is 6.87. The molecule has 21 heavy (non-hydrogen) atoms. The van der Waals surface area contributed by atoms with Crippen LogP contribution < -0.4 is 5.32 Å². The summed E-state index contributed by atoms with van der Waals surface area (Å²) in [6, 6.07) is 4.27. The van der Waals surface area contributed by atoms with Gasteiger partial charge in [0, 0.05) is 11.4 Å². The van der Waals surface area contributed by atoms with Gasteiger partial charge in [-0.2, -0.15) is 5.10 Å². The van der Waals surface area contributed by atoms with E-state index in [0.717, 1.165) is 29.1 Å². The number of likely N-dealkylation sites (N-methyl/N-ethyl adjacent to an activating group) is 1. The fourth-order valence-corrected chi connectivity index (χ4v) is 3.90. The largest absolute Gasteiger partial charge is 0.308 e. The van der Waals surface area contributed by atoms with Crippen molar-refractivity contribution >= 4 is 38.9 Å². The maximum atomic E-state index is 6.40. The van der Waals surface area contributed by atoms with Gasteiger partial charge in [-0.05, 0) is 48.7 Å². The summed E-state index contributed by atoms with van der Waals surface area (Å²) in [7, 11) is 4.12. The Kier molecular flexibility index (Phi) is 6.25. The summed E-state index contributed by atoms with van der Waals surface area (Å²) in [5.41, 5.74) is 1.04. The minimum Gasteiger partial charge on any atom is -0.308 e. The molecule has 7 heteroatoms. The van der Waals surface area contributed by atoms with Crippen molar-refractivity contribution in [3.63, 3.8) is 0 Å². The van der Waals surface area contributed by atoms with Gasteiger partial charge in [0.15, 0.2) is 0 Å². The molecule has 4 nitrogen and oxygen atoms in total. The maximum absolute atomic E-state index is 6.40. The summed E-state index contributed by atoms with van der Waals surface area (Å²) in [5, 5.41) is 8.66. The molecule has 2 rings (SSSR count). The number of nitrogens with zero attached hydrogens (tertiary/aromatic N) is 3. The summed E-state index contributed by atoms with van der Waals surface area (Å²) in [5.74, 6) is 0. The van der Waals surface area contributed by atoms with Gasteiger partial charge in [0.1, 0.15) is 0 Å². The number of halogens is 2. The second kappa shape index (κ2) is 7.74. The van der Waals surface area contributed by atoms with Gasteiger partial charge in [-0.1, -0.05) is 18.5 Å². The lowest BCUT2D eigenvalue weighted by Gasteiger charge is -2.20. The highest BCUT2D eigenvalue weighted by atomic mass is 79.9. The van der Waals surface area contributed by atoms with Crippen LogP contribution in [0.25, 0.3) is 0 Å². The summed E-state index contributed by atoms with van der Waals surface area (Å²) in [6.45, 7) is 4.72. The van der Waals surface area contributed by atoms with E-state index < -0.39 is 0 Å². The third kappa shape index (κ3) is 4.29. The molecule has 0 spiro atoms. The van der Waals surface area contributed by atoms with Crippen LogP contribution in [0.1, 0.15) is 23.5 Å². The van der Waals surface area contributed by atoms with E-state index in [0.29, 0.717) is 5.02 Å². The predicted molar refractivity (Wildman–Crippen MR) is 93.3 cm³/mol. The minimum atomic E-state index is 0.0727. The van der Waals surface area contributed by atoms with Gasteiger partial charge in [-0.25, -0.2) is 0 Å². The second-order valence-electron chi connectivity index (χ2n) is 5.04. The molecule has 0 saturated carbocycles. The molecule has 1 N–H and O–H groups in total. The highest BCUT2D eigenvalue weighted by Gasteiger charge is 2.22. The molecule has 116 valence electrons. The van der Waals surface area contributed by atoms with Gasteiger partial charge in [-0.3, -0.25) is 4.68 Å². The summed E-state index contributed by atoms with van der Waals surface area (Å²) in [4.78, 5) is 3.38. The number of hydrogen-bond donors (Lipinski definition) is 1. The molecule has 0 aliphatic rings. The standard InChI is InChI=1S/C14H20BrClN4S/c1-4-17-13(11-5-6-12(15)21-11)14-10(16)9-18-20(14)8-7-19(2)3/h5-6,9,13,17H,4,7-8H2,1-3H3. The van der Waals surface area contributed by atoms with E-state index in [4.69, 9.17) is 11.6 Å². The molecule has 2 aromatic rings. The zero-order valence-electron chi connectivity index (χ0n) is 12.4. The fraction of sp³-hybridized carbons (Fsp3) is 0.500. The summed E-state index contributed by atoms with van der Waals surface area (Å²) >= 11 is 11.7. The van der Waals surface area contributed by atoms with Crippen molar-refractivity contribution in [1.82, 2.24) is 20.0 Å². The Morgan fingerprint density at radius 1 is 1.48 bits per heavy atom. The van der Waals surface area contributed by atoms with E-state index >= 15 is 0 Å². The minimum absolute atomic E-state index is 0.0727. The van der Waals surface area contributed by atoms with E-state index in [1.165, 1.54) is 4.88 Å². The number of aromatic nitrogens is 2. The molecule has 2 heterocycles. The van der Waals surface area contributed by atoms with Crippen molar-refractivity contribution < 1.29 is 0 Å². The van der Waals surface area contributed by atoms with Gasteiger partial charge in [0.25, 0.3) is 0 Å². The molecule has 2 aromatic heterocycles. The Morgan fingerprint density at radius 3 is 2.81 bits per heavy atom. The monoisotopic (exact) mass is 390 g/mol. The lowest BCUT2D eigenvalue weighted by atomic mass is 10.1. The topological polar surface area (TPSA) is 33.1 Å². The Labute approximate surface area is 143 Å².